The first kappa shape index (κ1) is 9.95. The Morgan fingerprint density at radius 3 is 2.80 bits per heavy atom. The second-order valence-corrected chi connectivity index (χ2v) is 3.57. The second-order valence-electron chi connectivity index (χ2n) is 3.57. The Morgan fingerprint density at radius 1 is 1.60 bits per heavy atom. The molecule has 0 spiro atoms. The highest BCUT2D eigenvalue weighted by molar-refractivity contribution is 5.70. The van der Waals surface area contributed by atoms with E-state index in [1.54, 1.807) is 16.6 Å². The summed E-state index contributed by atoms with van der Waals surface area (Å²) in [6, 6.07) is 0.00500. The van der Waals surface area contributed by atoms with Gasteiger partial charge in [0.1, 0.15) is 6.33 Å². The number of hydrogen-bond donors (Lipinski definition) is 0. The number of nitrogens with zero attached hydrogens (tertiary/aromatic N) is 4. The first-order valence-corrected chi connectivity index (χ1v) is 4.96. The van der Waals surface area contributed by atoms with E-state index in [4.69, 9.17) is 4.74 Å². The van der Waals surface area contributed by atoms with Gasteiger partial charge >= 0.3 is 6.09 Å². The van der Waals surface area contributed by atoms with Gasteiger partial charge in [-0.3, -0.25) is 0 Å². The number of rotatable bonds is 2. The van der Waals surface area contributed by atoms with Crippen molar-refractivity contribution in [2.75, 3.05) is 6.54 Å². The summed E-state index contributed by atoms with van der Waals surface area (Å²) >= 11 is 0. The molecule has 1 saturated heterocycles. The summed E-state index contributed by atoms with van der Waals surface area (Å²) < 4.78 is 6.90. The largest absolute Gasteiger partial charge is 0.436 e. The Bertz CT molecular complexity index is 376. The van der Waals surface area contributed by atoms with Crippen LogP contribution in [0.25, 0.3) is 0 Å². The average Bonchev–Trinajstić information content (AvgIpc) is 2.71. The Balaban J connectivity index is 2.26. The highest BCUT2D eigenvalue weighted by Crippen LogP contribution is 2.30. The number of hydrogen-bond acceptors (Lipinski definition) is 4. The minimum atomic E-state index is -0.315. The normalized spacial score (nSPS) is 25.8. The van der Waals surface area contributed by atoms with E-state index in [1.165, 1.54) is 6.33 Å². The lowest BCUT2D eigenvalue weighted by Gasteiger charge is -2.17. The van der Waals surface area contributed by atoms with E-state index in [1.807, 2.05) is 13.8 Å². The number of carbonyl (C=O) groups excluding carboxylic acids is 1. The number of carbonyl (C=O) groups is 1. The van der Waals surface area contributed by atoms with Gasteiger partial charge in [-0.1, -0.05) is 0 Å². The molecule has 2 rings (SSSR count). The monoisotopic (exact) mass is 210 g/mol. The van der Waals surface area contributed by atoms with Crippen LogP contribution in [0.2, 0.25) is 0 Å². The second kappa shape index (κ2) is 3.52. The zero-order valence-electron chi connectivity index (χ0n) is 9.04. The van der Waals surface area contributed by atoms with Gasteiger partial charge in [0.15, 0.2) is 11.9 Å². The van der Waals surface area contributed by atoms with Crippen LogP contribution in [0.15, 0.2) is 6.33 Å². The molecule has 1 fully saturated rings. The molecule has 0 aromatic carbocycles. The number of aromatic nitrogens is 3. The van der Waals surface area contributed by atoms with Crippen molar-refractivity contribution in [3.63, 3.8) is 0 Å². The van der Waals surface area contributed by atoms with Crippen molar-refractivity contribution in [3.05, 3.63) is 12.2 Å². The molecule has 1 aliphatic rings. The maximum Gasteiger partial charge on any atom is 0.410 e. The lowest BCUT2D eigenvalue weighted by molar-refractivity contribution is 0.124. The average molecular weight is 210 g/mol. The van der Waals surface area contributed by atoms with E-state index in [-0.39, 0.29) is 18.2 Å². The summed E-state index contributed by atoms with van der Waals surface area (Å²) in [5, 5.41) is 3.97. The van der Waals surface area contributed by atoms with Gasteiger partial charge in [-0.05, 0) is 13.8 Å². The molecule has 1 amide bonds. The molecule has 0 saturated carbocycles. The van der Waals surface area contributed by atoms with Crippen LogP contribution >= 0.6 is 0 Å². The highest BCUT2D eigenvalue weighted by atomic mass is 16.6. The van der Waals surface area contributed by atoms with Crippen molar-refractivity contribution in [1.29, 1.82) is 0 Å². The molecular weight excluding hydrogens is 196 g/mol. The van der Waals surface area contributed by atoms with Crippen LogP contribution in [0.3, 0.4) is 0 Å². The lowest BCUT2D eigenvalue weighted by atomic mass is 10.1. The zero-order chi connectivity index (χ0) is 11.0. The van der Waals surface area contributed by atoms with Crippen molar-refractivity contribution in [3.8, 4) is 0 Å². The van der Waals surface area contributed by atoms with Crippen LogP contribution in [0.5, 0.6) is 0 Å². The van der Waals surface area contributed by atoms with Gasteiger partial charge in [-0.15, -0.1) is 0 Å². The Labute approximate surface area is 87.8 Å². The molecule has 0 unspecified atom stereocenters. The third kappa shape index (κ3) is 1.45. The van der Waals surface area contributed by atoms with Crippen LogP contribution in [-0.2, 0) is 11.8 Å². The summed E-state index contributed by atoms with van der Waals surface area (Å²) in [7, 11) is 1.79. The fraction of sp³-hybridized carbons (Fsp3) is 0.667. The molecular formula is C9H14N4O2. The van der Waals surface area contributed by atoms with E-state index in [2.05, 4.69) is 10.1 Å². The van der Waals surface area contributed by atoms with E-state index in [0.717, 1.165) is 0 Å². The maximum atomic E-state index is 11.5. The number of amides is 1. The molecule has 0 radical (unpaired) electrons. The summed E-state index contributed by atoms with van der Waals surface area (Å²) in [5.74, 6) is 0.687. The molecule has 0 N–H and O–H groups in total. The highest BCUT2D eigenvalue weighted by Gasteiger charge is 2.40. The van der Waals surface area contributed by atoms with Crippen molar-refractivity contribution < 1.29 is 9.53 Å². The van der Waals surface area contributed by atoms with Crippen molar-refractivity contribution >= 4 is 6.09 Å². The van der Waals surface area contributed by atoms with Gasteiger partial charge in [0, 0.05) is 13.6 Å². The Kier molecular flexibility index (Phi) is 2.34. The quantitative estimate of drug-likeness (QED) is 0.721. The summed E-state index contributed by atoms with van der Waals surface area (Å²) in [4.78, 5) is 17.3. The molecule has 2 heterocycles. The van der Waals surface area contributed by atoms with Gasteiger partial charge in [0.25, 0.3) is 0 Å². The smallest absolute Gasteiger partial charge is 0.410 e. The van der Waals surface area contributed by atoms with Crippen molar-refractivity contribution in [1.82, 2.24) is 19.7 Å². The topological polar surface area (TPSA) is 60.3 Å². The zero-order valence-corrected chi connectivity index (χ0v) is 9.04. The molecule has 1 aromatic rings. The standard InChI is InChI=1S/C9H14N4O2/c1-4-13-6(2)7(15-9(13)14)8-10-5-11-12(8)3/h5-7H,4H2,1-3H3/t6-,7-/m0/s1. The Hall–Kier alpha value is -1.59. The van der Waals surface area contributed by atoms with Crippen LogP contribution in [0.1, 0.15) is 25.8 Å². The van der Waals surface area contributed by atoms with Gasteiger partial charge in [0.2, 0.25) is 0 Å². The number of likely N-dealkylation sites (N-methyl/N-ethyl adjacent to an activating group) is 1. The van der Waals surface area contributed by atoms with Crippen molar-refractivity contribution in [2.24, 2.45) is 7.05 Å². The molecule has 15 heavy (non-hydrogen) atoms. The molecule has 82 valence electrons. The predicted octanol–water partition coefficient (Wildman–Crippen LogP) is 0.717. The summed E-state index contributed by atoms with van der Waals surface area (Å²) in [6.07, 6.45) is 0.868. The van der Waals surface area contributed by atoms with Gasteiger partial charge in [-0.2, -0.15) is 5.10 Å². The van der Waals surface area contributed by atoms with Crippen LogP contribution in [0.4, 0.5) is 4.79 Å². The third-order valence-electron chi connectivity index (χ3n) is 2.73. The van der Waals surface area contributed by atoms with Gasteiger partial charge < -0.3 is 9.64 Å². The molecule has 6 nitrogen and oxygen atoms in total. The van der Waals surface area contributed by atoms with E-state index in [0.29, 0.717) is 12.4 Å². The third-order valence-corrected chi connectivity index (χ3v) is 2.73. The molecule has 0 bridgehead atoms. The van der Waals surface area contributed by atoms with Crippen LogP contribution in [-0.4, -0.2) is 38.3 Å². The number of ether oxygens (including phenoxy) is 1. The van der Waals surface area contributed by atoms with Gasteiger partial charge in [-0.25, -0.2) is 14.5 Å². The van der Waals surface area contributed by atoms with Gasteiger partial charge in [0.05, 0.1) is 6.04 Å². The van der Waals surface area contributed by atoms with Crippen molar-refractivity contribution in [2.45, 2.75) is 26.0 Å². The molecule has 0 aliphatic carbocycles. The van der Waals surface area contributed by atoms with E-state index < -0.39 is 0 Å². The summed E-state index contributed by atoms with van der Waals surface area (Å²) in [5.41, 5.74) is 0. The summed E-state index contributed by atoms with van der Waals surface area (Å²) in [6.45, 7) is 4.53. The van der Waals surface area contributed by atoms with E-state index >= 15 is 0 Å². The minimum Gasteiger partial charge on any atom is -0.436 e. The Morgan fingerprint density at radius 2 is 2.33 bits per heavy atom. The predicted molar refractivity (Wildman–Crippen MR) is 52.1 cm³/mol. The number of cyclic esters (lactones) is 1. The van der Waals surface area contributed by atoms with Crippen LogP contribution < -0.4 is 0 Å². The molecule has 1 aliphatic heterocycles. The lowest BCUT2D eigenvalue weighted by Crippen LogP contribution is -2.32. The number of aryl methyl sites for hydroxylation is 1. The molecule has 1 aromatic heterocycles. The SMILES string of the molecule is CCN1C(=O)O[C@H](c2ncnn2C)[C@@H]1C. The van der Waals surface area contributed by atoms with E-state index in [9.17, 15) is 4.79 Å². The molecule has 2 atom stereocenters. The van der Waals surface area contributed by atoms with Crippen LogP contribution in [0, 0.1) is 0 Å². The fourth-order valence-electron chi connectivity index (χ4n) is 1.85. The maximum absolute atomic E-state index is 11.5. The first-order valence-electron chi connectivity index (χ1n) is 4.96. The minimum absolute atomic E-state index is 0.00500. The first-order chi connectivity index (χ1) is 7.15. The fourth-order valence-corrected chi connectivity index (χ4v) is 1.85. The molecule has 6 heteroatoms.